The van der Waals surface area contributed by atoms with Crippen molar-refractivity contribution in [2.45, 2.75) is 25.7 Å². The monoisotopic (exact) mass is 126 g/mol. The Kier molecular flexibility index (Phi) is 2.78. The molecule has 0 bridgehead atoms. The number of hydrogen-bond donors (Lipinski definition) is 1. The van der Waals surface area contributed by atoms with E-state index in [2.05, 4.69) is 12.2 Å². The summed E-state index contributed by atoms with van der Waals surface area (Å²) in [5.41, 5.74) is 0. The Bertz CT molecular complexity index is 96.7. The molecule has 0 aliphatic heterocycles. The van der Waals surface area contributed by atoms with Crippen LogP contribution in [0, 0.1) is 5.92 Å². The minimum absolute atomic E-state index is 0.360. The normalized spacial score (nSPS) is 26.6. The molecule has 0 heterocycles. The fourth-order valence-electron chi connectivity index (χ4n) is 1.30. The number of aliphatic hydroxyl groups excluding tert-OH is 1. The minimum atomic E-state index is 0.360. The summed E-state index contributed by atoms with van der Waals surface area (Å²) in [4.78, 5) is 0. The number of aliphatic hydroxyl groups is 1. The molecule has 0 aromatic carbocycles. The lowest BCUT2D eigenvalue weighted by molar-refractivity contribution is 0.251. The van der Waals surface area contributed by atoms with E-state index in [9.17, 15) is 0 Å². The minimum Gasteiger partial charge on any atom is -0.396 e. The third-order valence-electron chi connectivity index (χ3n) is 1.92. The predicted octanol–water partition coefficient (Wildman–Crippen LogP) is 1.73. The van der Waals surface area contributed by atoms with Gasteiger partial charge in [-0.2, -0.15) is 0 Å². The average Bonchev–Trinajstić information content (AvgIpc) is 1.91. The van der Waals surface area contributed by atoms with E-state index in [-0.39, 0.29) is 0 Å². The van der Waals surface area contributed by atoms with Crippen LogP contribution >= 0.6 is 0 Å². The van der Waals surface area contributed by atoms with Gasteiger partial charge in [-0.1, -0.05) is 12.2 Å². The van der Waals surface area contributed by atoms with Crippen molar-refractivity contribution in [3.63, 3.8) is 0 Å². The molecule has 1 heteroatoms. The Morgan fingerprint density at radius 3 is 2.89 bits per heavy atom. The van der Waals surface area contributed by atoms with Gasteiger partial charge >= 0.3 is 0 Å². The van der Waals surface area contributed by atoms with Gasteiger partial charge in [0.15, 0.2) is 0 Å². The second kappa shape index (κ2) is 3.67. The molecule has 1 N–H and O–H groups in total. The van der Waals surface area contributed by atoms with E-state index in [1.54, 1.807) is 0 Å². The molecule has 52 valence electrons. The highest BCUT2D eigenvalue weighted by Gasteiger charge is 2.07. The molecule has 1 nitrogen and oxygen atoms in total. The van der Waals surface area contributed by atoms with Crippen LogP contribution in [0.25, 0.3) is 0 Å². The zero-order valence-corrected chi connectivity index (χ0v) is 5.71. The van der Waals surface area contributed by atoms with E-state index in [0.29, 0.717) is 6.61 Å². The zero-order valence-electron chi connectivity index (χ0n) is 5.71. The smallest absolute Gasteiger partial charge is 0.0433 e. The summed E-state index contributed by atoms with van der Waals surface area (Å²) in [5.74, 6) is 0.764. The summed E-state index contributed by atoms with van der Waals surface area (Å²) >= 11 is 0. The SMILES string of the molecule is OCCC1CC=CCC1. The van der Waals surface area contributed by atoms with Crippen LogP contribution in [0.15, 0.2) is 12.2 Å². The van der Waals surface area contributed by atoms with Gasteiger partial charge in [-0.15, -0.1) is 0 Å². The van der Waals surface area contributed by atoms with Crippen molar-refractivity contribution in [3.8, 4) is 0 Å². The van der Waals surface area contributed by atoms with Crippen LogP contribution < -0.4 is 0 Å². The molecule has 0 saturated carbocycles. The summed E-state index contributed by atoms with van der Waals surface area (Å²) in [6, 6.07) is 0. The third-order valence-corrected chi connectivity index (χ3v) is 1.92. The highest BCUT2D eigenvalue weighted by atomic mass is 16.3. The number of rotatable bonds is 2. The Hall–Kier alpha value is -0.300. The van der Waals surface area contributed by atoms with E-state index < -0.39 is 0 Å². The Morgan fingerprint density at radius 2 is 2.33 bits per heavy atom. The van der Waals surface area contributed by atoms with Crippen molar-refractivity contribution in [2.75, 3.05) is 6.61 Å². The molecule has 0 fully saturated rings. The van der Waals surface area contributed by atoms with Gasteiger partial charge in [0.2, 0.25) is 0 Å². The third kappa shape index (κ3) is 2.19. The van der Waals surface area contributed by atoms with Gasteiger partial charge in [0.1, 0.15) is 0 Å². The van der Waals surface area contributed by atoms with Gasteiger partial charge < -0.3 is 5.11 Å². The molecule has 1 aliphatic carbocycles. The lowest BCUT2D eigenvalue weighted by Crippen LogP contribution is -2.04. The van der Waals surface area contributed by atoms with Crippen LogP contribution in [0.4, 0.5) is 0 Å². The standard InChI is InChI=1S/C8H14O/c9-7-6-8-4-2-1-3-5-8/h1-2,8-9H,3-7H2. The molecule has 1 aliphatic rings. The molecular weight excluding hydrogens is 112 g/mol. The fraction of sp³-hybridized carbons (Fsp3) is 0.750. The van der Waals surface area contributed by atoms with Crippen molar-refractivity contribution in [3.05, 3.63) is 12.2 Å². The first-order valence-corrected chi connectivity index (χ1v) is 3.69. The first-order chi connectivity index (χ1) is 4.43. The maximum absolute atomic E-state index is 8.59. The first kappa shape index (κ1) is 6.81. The van der Waals surface area contributed by atoms with Gasteiger partial charge in [-0.3, -0.25) is 0 Å². The first-order valence-electron chi connectivity index (χ1n) is 3.69. The van der Waals surface area contributed by atoms with Crippen molar-refractivity contribution in [1.29, 1.82) is 0 Å². The molecule has 1 atom stereocenters. The molecule has 1 rings (SSSR count). The van der Waals surface area contributed by atoms with Crippen LogP contribution in [0.2, 0.25) is 0 Å². The molecular formula is C8H14O. The maximum atomic E-state index is 8.59. The summed E-state index contributed by atoms with van der Waals surface area (Å²) in [5, 5.41) is 8.59. The van der Waals surface area contributed by atoms with Crippen LogP contribution in [0.3, 0.4) is 0 Å². The molecule has 0 aromatic rings. The van der Waals surface area contributed by atoms with Crippen LogP contribution in [-0.2, 0) is 0 Å². The summed E-state index contributed by atoms with van der Waals surface area (Å²) in [6.07, 6.45) is 9.12. The largest absolute Gasteiger partial charge is 0.396 e. The molecule has 0 saturated heterocycles. The van der Waals surface area contributed by atoms with E-state index in [1.165, 1.54) is 19.3 Å². The Labute approximate surface area is 56.4 Å². The van der Waals surface area contributed by atoms with Gasteiger partial charge in [0.25, 0.3) is 0 Å². The van der Waals surface area contributed by atoms with Crippen molar-refractivity contribution < 1.29 is 5.11 Å². The van der Waals surface area contributed by atoms with Gasteiger partial charge in [0.05, 0.1) is 0 Å². The van der Waals surface area contributed by atoms with Gasteiger partial charge in [-0.05, 0) is 31.6 Å². The van der Waals surface area contributed by atoms with Gasteiger partial charge in [0, 0.05) is 6.61 Å². The van der Waals surface area contributed by atoms with Gasteiger partial charge in [-0.25, -0.2) is 0 Å². The molecule has 1 unspecified atom stereocenters. The lowest BCUT2D eigenvalue weighted by atomic mass is 9.92. The van der Waals surface area contributed by atoms with Crippen molar-refractivity contribution in [1.82, 2.24) is 0 Å². The molecule has 0 aromatic heterocycles. The highest BCUT2D eigenvalue weighted by Crippen LogP contribution is 2.20. The van der Waals surface area contributed by atoms with E-state index >= 15 is 0 Å². The Morgan fingerprint density at radius 1 is 1.44 bits per heavy atom. The maximum Gasteiger partial charge on any atom is 0.0433 e. The molecule has 0 amide bonds. The van der Waals surface area contributed by atoms with E-state index in [4.69, 9.17) is 5.11 Å². The molecule has 9 heavy (non-hydrogen) atoms. The lowest BCUT2D eigenvalue weighted by Gasteiger charge is -2.15. The second-order valence-corrected chi connectivity index (χ2v) is 2.66. The summed E-state index contributed by atoms with van der Waals surface area (Å²) in [6.45, 7) is 0.360. The zero-order chi connectivity index (χ0) is 6.53. The Balaban J connectivity index is 2.18. The quantitative estimate of drug-likeness (QED) is 0.558. The molecule has 0 spiro atoms. The van der Waals surface area contributed by atoms with E-state index in [1.807, 2.05) is 0 Å². The average molecular weight is 126 g/mol. The van der Waals surface area contributed by atoms with E-state index in [0.717, 1.165) is 12.3 Å². The topological polar surface area (TPSA) is 20.2 Å². The number of allylic oxidation sites excluding steroid dienone is 2. The summed E-state index contributed by atoms with van der Waals surface area (Å²) in [7, 11) is 0. The van der Waals surface area contributed by atoms with Crippen molar-refractivity contribution in [2.24, 2.45) is 5.92 Å². The highest BCUT2D eigenvalue weighted by molar-refractivity contribution is 4.89. The van der Waals surface area contributed by atoms with Crippen LogP contribution in [0.5, 0.6) is 0 Å². The van der Waals surface area contributed by atoms with Crippen molar-refractivity contribution >= 4 is 0 Å². The fourth-order valence-corrected chi connectivity index (χ4v) is 1.30. The number of hydrogen-bond acceptors (Lipinski definition) is 1. The van der Waals surface area contributed by atoms with Crippen LogP contribution in [-0.4, -0.2) is 11.7 Å². The van der Waals surface area contributed by atoms with Crippen LogP contribution in [0.1, 0.15) is 25.7 Å². The predicted molar refractivity (Wildman–Crippen MR) is 38.2 cm³/mol. The second-order valence-electron chi connectivity index (χ2n) is 2.66. The summed E-state index contributed by atoms with van der Waals surface area (Å²) < 4.78 is 0. The molecule has 0 radical (unpaired) electrons.